The van der Waals surface area contributed by atoms with Crippen LogP contribution in [0.5, 0.6) is 0 Å². The second-order valence-electron chi connectivity index (χ2n) is 6.04. The molecule has 18 heavy (non-hydrogen) atoms. The highest BCUT2D eigenvalue weighted by molar-refractivity contribution is 5.13. The molecule has 3 rings (SSSR count). The first-order chi connectivity index (χ1) is 8.92. The van der Waals surface area contributed by atoms with Crippen molar-refractivity contribution in [2.75, 3.05) is 0 Å². The molecule has 1 aromatic rings. The number of ether oxygens (including phenoxy) is 1. The molecule has 2 saturated carbocycles. The minimum Gasteiger partial charge on any atom is -0.374 e. The Kier molecular flexibility index (Phi) is 3.99. The Morgan fingerprint density at radius 1 is 0.889 bits per heavy atom. The first-order valence-electron chi connectivity index (χ1n) is 7.57. The highest BCUT2D eigenvalue weighted by Gasteiger charge is 2.32. The average Bonchev–Trinajstić information content (AvgIpc) is 2.46. The smallest absolute Gasteiger partial charge is 0.0720 e. The molecule has 2 fully saturated rings. The third kappa shape index (κ3) is 2.95. The van der Waals surface area contributed by atoms with Crippen molar-refractivity contribution in [3.8, 4) is 0 Å². The minimum absolute atomic E-state index is 0.518. The lowest BCUT2D eigenvalue weighted by Crippen LogP contribution is -2.31. The predicted octanol–water partition coefficient (Wildman–Crippen LogP) is 4.56. The Labute approximate surface area is 111 Å². The van der Waals surface area contributed by atoms with Gasteiger partial charge in [0.05, 0.1) is 12.7 Å². The molecule has 0 N–H and O–H groups in total. The molecule has 1 heteroatoms. The van der Waals surface area contributed by atoms with Crippen molar-refractivity contribution in [2.24, 2.45) is 11.8 Å². The van der Waals surface area contributed by atoms with Crippen LogP contribution in [0.1, 0.15) is 50.5 Å². The molecule has 1 aromatic carbocycles. The van der Waals surface area contributed by atoms with Crippen LogP contribution in [0.15, 0.2) is 30.3 Å². The van der Waals surface area contributed by atoms with Crippen molar-refractivity contribution in [3.05, 3.63) is 35.9 Å². The number of rotatable bonds is 3. The highest BCUT2D eigenvalue weighted by Crippen LogP contribution is 2.41. The summed E-state index contributed by atoms with van der Waals surface area (Å²) in [4.78, 5) is 0. The van der Waals surface area contributed by atoms with E-state index in [1.54, 1.807) is 0 Å². The molecule has 3 atom stereocenters. The minimum atomic E-state index is 0.518. The predicted molar refractivity (Wildman–Crippen MR) is 74.3 cm³/mol. The molecule has 0 heterocycles. The van der Waals surface area contributed by atoms with E-state index in [2.05, 4.69) is 30.3 Å². The molecule has 0 aromatic heterocycles. The molecule has 0 spiro atoms. The lowest BCUT2D eigenvalue weighted by Gasteiger charge is -2.39. The molecular weight excluding hydrogens is 220 g/mol. The number of benzene rings is 1. The van der Waals surface area contributed by atoms with Gasteiger partial charge in [0.2, 0.25) is 0 Å². The topological polar surface area (TPSA) is 9.23 Å². The van der Waals surface area contributed by atoms with Crippen LogP contribution < -0.4 is 0 Å². The van der Waals surface area contributed by atoms with E-state index in [1.165, 1.54) is 50.5 Å². The van der Waals surface area contributed by atoms with Crippen LogP contribution in [0, 0.1) is 11.8 Å². The van der Waals surface area contributed by atoms with Gasteiger partial charge in [-0.3, -0.25) is 0 Å². The molecule has 2 aliphatic rings. The van der Waals surface area contributed by atoms with Gasteiger partial charge in [0.15, 0.2) is 0 Å². The van der Waals surface area contributed by atoms with Gasteiger partial charge < -0.3 is 4.74 Å². The molecule has 3 unspecified atom stereocenters. The molecule has 98 valence electrons. The molecule has 0 amide bonds. The molecule has 0 radical (unpaired) electrons. The summed E-state index contributed by atoms with van der Waals surface area (Å²) in [6.07, 6.45) is 10.4. The second kappa shape index (κ2) is 5.88. The quantitative estimate of drug-likeness (QED) is 0.757. The normalized spacial score (nSPS) is 31.9. The van der Waals surface area contributed by atoms with Gasteiger partial charge in [-0.1, -0.05) is 56.0 Å². The molecule has 0 aliphatic heterocycles. The zero-order valence-corrected chi connectivity index (χ0v) is 11.2. The third-order valence-electron chi connectivity index (χ3n) is 4.82. The van der Waals surface area contributed by atoms with Crippen molar-refractivity contribution in [1.29, 1.82) is 0 Å². The summed E-state index contributed by atoms with van der Waals surface area (Å²) in [5.41, 5.74) is 1.31. The Bertz CT molecular complexity index is 359. The fourth-order valence-electron chi connectivity index (χ4n) is 3.77. The highest BCUT2D eigenvalue weighted by atomic mass is 16.5. The van der Waals surface area contributed by atoms with E-state index >= 15 is 0 Å². The van der Waals surface area contributed by atoms with Gasteiger partial charge in [-0.25, -0.2) is 0 Å². The van der Waals surface area contributed by atoms with Crippen molar-refractivity contribution >= 4 is 0 Å². The zero-order chi connectivity index (χ0) is 12.2. The molecule has 0 saturated heterocycles. The molecule has 2 aliphatic carbocycles. The van der Waals surface area contributed by atoms with Gasteiger partial charge >= 0.3 is 0 Å². The largest absolute Gasteiger partial charge is 0.374 e. The first-order valence-corrected chi connectivity index (χ1v) is 7.57. The standard InChI is InChI=1S/C17H24O/c1-2-6-14(7-3-1)13-18-17-11-10-15-8-4-5-9-16(15)12-17/h1-3,6-7,15-17H,4-5,8-13H2. The van der Waals surface area contributed by atoms with Gasteiger partial charge in [-0.05, 0) is 36.7 Å². The molecule has 1 nitrogen and oxygen atoms in total. The summed E-state index contributed by atoms with van der Waals surface area (Å²) in [5.74, 6) is 1.99. The lowest BCUT2D eigenvalue weighted by atomic mass is 9.70. The zero-order valence-electron chi connectivity index (χ0n) is 11.2. The lowest BCUT2D eigenvalue weighted by molar-refractivity contribution is -0.0217. The Balaban J connectivity index is 1.49. The van der Waals surface area contributed by atoms with Gasteiger partial charge in [0.1, 0.15) is 0 Å². The van der Waals surface area contributed by atoms with Crippen molar-refractivity contribution in [2.45, 2.75) is 57.7 Å². The van der Waals surface area contributed by atoms with Crippen LogP contribution in [-0.2, 0) is 11.3 Å². The van der Waals surface area contributed by atoms with Crippen LogP contribution in [0.25, 0.3) is 0 Å². The van der Waals surface area contributed by atoms with E-state index in [9.17, 15) is 0 Å². The maximum atomic E-state index is 6.12. The molecule has 0 bridgehead atoms. The van der Waals surface area contributed by atoms with Crippen molar-refractivity contribution in [3.63, 3.8) is 0 Å². The van der Waals surface area contributed by atoms with E-state index in [0.717, 1.165) is 18.4 Å². The van der Waals surface area contributed by atoms with E-state index in [4.69, 9.17) is 4.74 Å². The fraction of sp³-hybridized carbons (Fsp3) is 0.647. The van der Waals surface area contributed by atoms with Crippen molar-refractivity contribution in [1.82, 2.24) is 0 Å². The summed E-state index contributed by atoms with van der Waals surface area (Å²) in [7, 11) is 0. The monoisotopic (exact) mass is 244 g/mol. The Hall–Kier alpha value is -0.820. The summed E-state index contributed by atoms with van der Waals surface area (Å²) < 4.78 is 6.12. The maximum Gasteiger partial charge on any atom is 0.0720 e. The van der Waals surface area contributed by atoms with Crippen LogP contribution in [0.3, 0.4) is 0 Å². The van der Waals surface area contributed by atoms with E-state index < -0.39 is 0 Å². The first kappa shape index (κ1) is 12.2. The Morgan fingerprint density at radius 3 is 2.50 bits per heavy atom. The van der Waals surface area contributed by atoms with Gasteiger partial charge in [-0.2, -0.15) is 0 Å². The number of fused-ring (bicyclic) bond motifs is 1. The van der Waals surface area contributed by atoms with Gasteiger partial charge in [-0.15, -0.1) is 0 Å². The third-order valence-corrected chi connectivity index (χ3v) is 4.82. The Morgan fingerprint density at radius 2 is 1.67 bits per heavy atom. The van der Waals surface area contributed by atoms with Crippen LogP contribution >= 0.6 is 0 Å². The van der Waals surface area contributed by atoms with Crippen LogP contribution in [0.2, 0.25) is 0 Å². The van der Waals surface area contributed by atoms with E-state index in [1.807, 2.05) is 0 Å². The van der Waals surface area contributed by atoms with Crippen LogP contribution in [0.4, 0.5) is 0 Å². The second-order valence-corrected chi connectivity index (χ2v) is 6.04. The van der Waals surface area contributed by atoms with E-state index in [-0.39, 0.29) is 0 Å². The van der Waals surface area contributed by atoms with E-state index in [0.29, 0.717) is 6.10 Å². The SMILES string of the molecule is c1ccc(COC2CCC3CCCCC3C2)cc1. The molecular formula is C17H24O. The van der Waals surface area contributed by atoms with Gasteiger partial charge in [0, 0.05) is 0 Å². The average molecular weight is 244 g/mol. The number of hydrogen-bond acceptors (Lipinski definition) is 1. The summed E-state index contributed by atoms with van der Waals surface area (Å²) in [6.45, 7) is 0.795. The maximum absolute atomic E-state index is 6.12. The summed E-state index contributed by atoms with van der Waals surface area (Å²) in [6, 6.07) is 10.6. The van der Waals surface area contributed by atoms with Crippen molar-refractivity contribution < 1.29 is 4.74 Å². The van der Waals surface area contributed by atoms with Crippen LogP contribution in [-0.4, -0.2) is 6.10 Å². The summed E-state index contributed by atoms with van der Waals surface area (Å²) in [5, 5.41) is 0. The van der Waals surface area contributed by atoms with Gasteiger partial charge in [0.25, 0.3) is 0 Å². The number of hydrogen-bond donors (Lipinski definition) is 0. The fourth-order valence-corrected chi connectivity index (χ4v) is 3.77. The summed E-state index contributed by atoms with van der Waals surface area (Å²) >= 11 is 0.